The average Bonchev–Trinajstić information content (AvgIpc) is 2.40. The molecule has 2 fully saturated rings. The fraction of sp³-hybridized carbons (Fsp3) is 0.944. The lowest BCUT2D eigenvalue weighted by atomic mass is 9.68. The van der Waals surface area contributed by atoms with Crippen molar-refractivity contribution in [2.75, 3.05) is 19.6 Å². The molecule has 20 heavy (non-hydrogen) atoms. The predicted molar refractivity (Wildman–Crippen MR) is 84.7 cm³/mol. The Morgan fingerprint density at radius 1 is 1.25 bits per heavy atom. The maximum atomic E-state index is 12.3. The first-order chi connectivity index (χ1) is 9.40. The molecule has 0 aromatic carbocycles. The lowest BCUT2D eigenvalue weighted by Gasteiger charge is -2.40. The molecule has 1 saturated heterocycles. The molecule has 2 rings (SSSR count). The first-order valence-corrected chi connectivity index (χ1v) is 8.65. The summed E-state index contributed by atoms with van der Waals surface area (Å²) in [6.45, 7) is 12.8. The van der Waals surface area contributed by atoms with E-state index in [9.17, 15) is 4.79 Å². The second kappa shape index (κ2) is 6.60. The summed E-state index contributed by atoms with van der Waals surface area (Å²) in [5.41, 5.74) is 0.354. The quantitative estimate of drug-likeness (QED) is 0.774. The van der Waals surface area contributed by atoms with Crippen LogP contribution in [0.2, 0.25) is 0 Å². The largest absolute Gasteiger partial charge is 0.302 e. The highest BCUT2D eigenvalue weighted by Crippen LogP contribution is 2.39. The van der Waals surface area contributed by atoms with Gasteiger partial charge in [-0.2, -0.15) is 0 Å². The van der Waals surface area contributed by atoms with Gasteiger partial charge in [0.25, 0.3) is 0 Å². The molecular weight excluding hydrogens is 246 g/mol. The van der Waals surface area contributed by atoms with Gasteiger partial charge in [0.05, 0.1) is 0 Å². The predicted octanol–water partition coefficient (Wildman–Crippen LogP) is 4.14. The van der Waals surface area contributed by atoms with E-state index >= 15 is 0 Å². The lowest BCUT2D eigenvalue weighted by Crippen LogP contribution is -2.43. The summed E-state index contributed by atoms with van der Waals surface area (Å²) in [5.74, 6) is 2.42. The van der Waals surface area contributed by atoms with Gasteiger partial charge >= 0.3 is 0 Å². The highest BCUT2D eigenvalue weighted by atomic mass is 16.1. The van der Waals surface area contributed by atoms with Gasteiger partial charge < -0.3 is 4.90 Å². The summed E-state index contributed by atoms with van der Waals surface area (Å²) < 4.78 is 0. The number of hydrogen-bond donors (Lipinski definition) is 0. The van der Waals surface area contributed by atoms with Crippen molar-refractivity contribution in [2.24, 2.45) is 23.2 Å². The van der Waals surface area contributed by atoms with E-state index in [0.29, 0.717) is 17.1 Å². The van der Waals surface area contributed by atoms with Crippen molar-refractivity contribution in [2.45, 2.75) is 66.2 Å². The molecule has 0 spiro atoms. The fourth-order valence-corrected chi connectivity index (χ4v) is 4.04. The zero-order valence-electron chi connectivity index (χ0n) is 14.0. The Kier molecular flexibility index (Phi) is 5.28. The Morgan fingerprint density at radius 2 is 2.00 bits per heavy atom. The van der Waals surface area contributed by atoms with E-state index in [4.69, 9.17) is 0 Å². The molecular formula is C18H33NO. The minimum Gasteiger partial charge on any atom is -0.302 e. The van der Waals surface area contributed by atoms with E-state index in [0.717, 1.165) is 37.6 Å². The van der Waals surface area contributed by atoms with Crippen LogP contribution in [0.3, 0.4) is 0 Å². The van der Waals surface area contributed by atoms with Crippen LogP contribution in [0.25, 0.3) is 0 Å². The van der Waals surface area contributed by atoms with Gasteiger partial charge in [-0.15, -0.1) is 0 Å². The first kappa shape index (κ1) is 16.0. The van der Waals surface area contributed by atoms with Gasteiger partial charge in [-0.05, 0) is 49.5 Å². The van der Waals surface area contributed by atoms with Crippen molar-refractivity contribution >= 4 is 5.78 Å². The Bertz CT molecular complexity index is 331. The van der Waals surface area contributed by atoms with Gasteiger partial charge in [-0.3, -0.25) is 4.79 Å². The molecule has 2 heteroatoms. The number of nitrogens with zero attached hydrogens (tertiary/aromatic N) is 1. The third kappa shape index (κ3) is 4.07. The van der Waals surface area contributed by atoms with Crippen LogP contribution in [0, 0.1) is 23.2 Å². The van der Waals surface area contributed by atoms with E-state index in [1.165, 1.54) is 32.4 Å². The Morgan fingerprint density at radius 3 is 2.65 bits per heavy atom. The van der Waals surface area contributed by atoms with E-state index in [-0.39, 0.29) is 0 Å². The first-order valence-electron chi connectivity index (χ1n) is 8.65. The maximum Gasteiger partial charge on any atom is 0.137 e. The van der Waals surface area contributed by atoms with Crippen LogP contribution in [0.15, 0.2) is 0 Å². The normalized spacial score (nSPS) is 33.4. The summed E-state index contributed by atoms with van der Waals surface area (Å²) in [6.07, 6.45) is 7.04. The summed E-state index contributed by atoms with van der Waals surface area (Å²) >= 11 is 0. The van der Waals surface area contributed by atoms with Crippen LogP contribution in [-0.4, -0.2) is 30.3 Å². The molecule has 116 valence electrons. The zero-order chi connectivity index (χ0) is 14.8. The lowest BCUT2D eigenvalue weighted by molar-refractivity contribution is -0.127. The molecule has 0 N–H and O–H groups in total. The Hall–Kier alpha value is -0.370. The molecule has 2 aliphatic rings. The standard InChI is InChI=1S/C18H33NO/c1-5-14-7-6-10-19(12-14)13-15-11-16(18(2,3)4)8-9-17(15)20/h14-16H,5-13H2,1-4H3. The van der Waals surface area contributed by atoms with E-state index < -0.39 is 0 Å². The smallest absolute Gasteiger partial charge is 0.137 e. The van der Waals surface area contributed by atoms with Gasteiger partial charge in [-0.1, -0.05) is 34.1 Å². The SMILES string of the molecule is CCC1CCCN(CC2CC(C(C)(C)C)CCC2=O)C1. The van der Waals surface area contributed by atoms with Crippen molar-refractivity contribution in [3.63, 3.8) is 0 Å². The Labute approximate surface area is 125 Å². The Balaban J connectivity index is 1.91. The summed E-state index contributed by atoms with van der Waals surface area (Å²) in [4.78, 5) is 14.8. The molecule has 3 unspecified atom stereocenters. The topological polar surface area (TPSA) is 20.3 Å². The average molecular weight is 279 g/mol. The van der Waals surface area contributed by atoms with Crippen molar-refractivity contribution in [1.82, 2.24) is 4.90 Å². The number of ketones is 1. The molecule has 0 radical (unpaired) electrons. The molecule has 1 saturated carbocycles. The molecule has 0 amide bonds. The molecule has 3 atom stereocenters. The zero-order valence-corrected chi connectivity index (χ0v) is 14.0. The third-order valence-corrected chi connectivity index (χ3v) is 5.65. The van der Waals surface area contributed by atoms with Crippen molar-refractivity contribution < 1.29 is 4.79 Å². The molecule has 2 nitrogen and oxygen atoms in total. The summed E-state index contributed by atoms with van der Waals surface area (Å²) in [6, 6.07) is 0. The molecule has 1 aliphatic carbocycles. The van der Waals surface area contributed by atoms with E-state index in [2.05, 4.69) is 32.6 Å². The van der Waals surface area contributed by atoms with Gasteiger partial charge in [-0.25, -0.2) is 0 Å². The third-order valence-electron chi connectivity index (χ3n) is 5.65. The summed E-state index contributed by atoms with van der Waals surface area (Å²) in [7, 11) is 0. The number of piperidine rings is 1. The number of hydrogen-bond acceptors (Lipinski definition) is 2. The van der Waals surface area contributed by atoms with Crippen LogP contribution in [0.5, 0.6) is 0 Å². The maximum absolute atomic E-state index is 12.3. The number of carbonyl (C=O) groups excluding carboxylic acids is 1. The fourth-order valence-electron chi connectivity index (χ4n) is 4.04. The number of likely N-dealkylation sites (tertiary alicyclic amines) is 1. The molecule has 0 bridgehead atoms. The van der Waals surface area contributed by atoms with Crippen LogP contribution in [0.1, 0.15) is 66.2 Å². The molecule has 0 aromatic heterocycles. The molecule has 1 aliphatic heterocycles. The van der Waals surface area contributed by atoms with Crippen molar-refractivity contribution in [3.05, 3.63) is 0 Å². The summed E-state index contributed by atoms with van der Waals surface area (Å²) in [5, 5.41) is 0. The van der Waals surface area contributed by atoms with Gasteiger partial charge in [0.15, 0.2) is 0 Å². The highest BCUT2D eigenvalue weighted by molar-refractivity contribution is 5.82. The van der Waals surface area contributed by atoms with Crippen LogP contribution in [0.4, 0.5) is 0 Å². The van der Waals surface area contributed by atoms with Gasteiger partial charge in [0.2, 0.25) is 0 Å². The number of rotatable bonds is 3. The second-order valence-electron chi connectivity index (χ2n) is 8.18. The highest BCUT2D eigenvalue weighted by Gasteiger charge is 2.36. The van der Waals surface area contributed by atoms with Gasteiger partial charge in [0.1, 0.15) is 5.78 Å². The van der Waals surface area contributed by atoms with Crippen LogP contribution >= 0.6 is 0 Å². The van der Waals surface area contributed by atoms with Gasteiger partial charge in [0, 0.05) is 25.4 Å². The monoisotopic (exact) mass is 279 g/mol. The minimum absolute atomic E-state index is 0.309. The van der Waals surface area contributed by atoms with E-state index in [1.807, 2.05) is 0 Å². The second-order valence-corrected chi connectivity index (χ2v) is 8.18. The van der Waals surface area contributed by atoms with Crippen molar-refractivity contribution in [1.29, 1.82) is 0 Å². The molecule has 1 heterocycles. The minimum atomic E-state index is 0.309. The number of carbonyl (C=O) groups is 1. The van der Waals surface area contributed by atoms with Crippen LogP contribution in [-0.2, 0) is 4.79 Å². The van der Waals surface area contributed by atoms with E-state index in [1.54, 1.807) is 0 Å². The van der Waals surface area contributed by atoms with Crippen molar-refractivity contribution in [3.8, 4) is 0 Å². The van der Waals surface area contributed by atoms with Crippen LogP contribution < -0.4 is 0 Å². The molecule has 0 aromatic rings. The number of Topliss-reactive ketones (excluding diaryl/α,β-unsaturated/α-hetero) is 1.